The second kappa shape index (κ2) is 7.55. The van der Waals surface area contributed by atoms with Crippen LogP contribution in [0.1, 0.15) is 60.3 Å². The average molecular weight is 313 g/mol. The van der Waals surface area contributed by atoms with E-state index in [1.54, 1.807) is 7.11 Å². The van der Waals surface area contributed by atoms with Crippen LogP contribution in [-0.4, -0.2) is 54.1 Å². The molecule has 5 heteroatoms. The normalized spacial score (nSPS) is 21.5. The maximum atomic E-state index is 11.6. The summed E-state index contributed by atoms with van der Waals surface area (Å²) in [6, 6.07) is 0. The van der Waals surface area contributed by atoms with Crippen molar-refractivity contribution in [3.8, 4) is 0 Å². The number of nitrogens with zero attached hydrogens (tertiary/aromatic N) is 1. The van der Waals surface area contributed by atoms with Crippen molar-refractivity contribution in [2.45, 2.75) is 77.5 Å². The number of piperidine rings is 1. The molecule has 0 aromatic heterocycles. The van der Waals surface area contributed by atoms with E-state index in [2.05, 4.69) is 32.6 Å². The Hall–Kier alpha value is -0.940. The van der Waals surface area contributed by atoms with Crippen LogP contribution in [0.3, 0.4) is 0 Å². The predicted octanol–water partition coefficient (Wildman–Crippen LogP) is 2.57. The van der Waals surface area contributed by atoms with Crippen molar-refractivity contribution in [3.05, 3.63) is 0 Å². The fourth-order valence-electron chi connectivity index (χ4n) is 3.60. The molecule has 1 aliphatic rings. The van der Waals surface area contributed by atoms with E-state index in [1.807, 2.05) is 0 Å². The summed E-state index contributed by atoms with van der Waals surface area (Å²) in [7, 11) is 1.77. The average Bonchev–Trinajstić information content (AvgIpc) is 2.38. The largest absolute Gasteiger partial charge is 0.464 e. The Morgan fingerprint density at radius 2 is 1.64 bits per heavy atom. The van der Waals surface area contributed by atoms with Gasteiger partial charge in [-0.3, -0.25) is 9.69 Å². The number of carbonyl (C=O) groups excluding carboxylic acids is 2. The Kier molecular flexibility index (Phi) is 6.56. The van der Waals surface area contributed by atoms with Gasteiger partial charge in [0.25, 0.3) is 0 Å². The summed E-state index contributed by atoms with van der Waals surface area (Å²) in [6.07, 6.45) is 2.62. The van der Waals surface area contributed by atoms with Crippen LogP contribution in [0.2, 0.25) is 0 Å². The van der Waals surface area contributed by atoms with Crippen LogP contribution in [0.4, 0.5) is 0 Å². The first-order valence-corrected chi connectivity index (χ1v) is 8.04. The van der Waals surface area contributed by atoms with Gasteiger partial charge in [0.15, 0.2) is 0 Å². The third-order valence-corrected chi connectivity index (χ3v) is 4.51. The summed E-state index contributed by atoms with van der Waals surface area (Å²) >= 11 is 0. The van der Waals surface area contributed by atoms with Gasteiger partial charge in [0.1, 0.15) is 12.4 Å². The second-order valence-electron chi connectivity index (χ2n) is 7.46. The molecule has 0 aromatic rings. The van der Waals surface area contributed by atoms with E-state index in [-0.39, 0.29) is 41.8 Å². The number of hydrogen-bond donors (Lipinski definition) is 0. The molecule has 0 N–H and O–H groups in total. The third kappa shape index (κ3) is 5.36. The summed E-state index contributed by atoms with van der Waals surface area (Å²) < 4.78 is 10.8. The molecule has 0 spiro atoms. The first-order valence-electron chi connectivity index (χ1n) is 8.04. The molecule has 0 unspecified atom stereocenters. The first kappa shape index (κ1) is 19.1. The highest BCUT2D eigenvalue weighted by molar-refractivity contribution is 5.80. The number of hydrogen-bond acceptors (Lipinski definition) is 5. The van der Waals surface area contributed by atoms with Crippen molar-refractivity contribution in [2.24, 2.45) is 0 Å². The highest BCUT2D eigenvalue weighted by atomic mass is 16.5. The predicted molar refractivity (Wildman–Crippen MR) is 85.8 cm³/mol. The minimum absolute atomic E-state index is 0.00574. The molecule has 0 radical (unpaired) electrons. The van der Waals surface area contributed by atoms with Gasteiger partial charge in [-0.2, -0.15) is 0 Å². The number of rotatable bonds is 7. The van der Waals surface area contributed by atoms with Crippen LogP contribution in [0.15, 0.2) is 0 Å². The van der Waals surface area contributed by atoms with Crippen LogP contribution in [0, 0.1) is 0 Å². The molecule has 0 saturated carbocycles. The molecule has 1 saturated heterocycles. The SMILES string of the molecule is COC1CC(C)(C)N(CCOC(=O)CCC(C)=O)C(C)(C)C1. The molecule has 0 aliphatic carbocycles. The van der Waals surface area contributed by atoms with Gasteiger partial charge in [-0.15, -0.1) is 0 Å². The maximum absolute atomic E-state index is 11.6. The Morgan fingerprint density at radius 3 is 2.09 bits per heavy atom. The molecule has 1 rings (SSSR count). The minimum atomic E-state index is -0.294. The molecule has 0 aromatic carbocycles. The summed E-state index contributed by atoms with van der Waals surface area (Å²) in [5.41, 5.74) is -0.0115. The number of esters is 1. The van der Waals surface area contributed by atoms with Crippen molar-refractivity contribution in [2.75, 3.05) is 20.3 Å². The van der Waals surface area contributed by atoms with Gasteiger partial charge >= 0.3 is 5.97 Å². The molecular weight excluding hydrogens is 282 g/mol. The number of carbonyl (C=O) groups is 2. The zero-order valence-electron chi connectivity index (χ0n) is 14.9. The lowest BCUT2D eigenvalue weighted by molar-refractivity contribution is -0.148. The number of ketones is 1. The highest BCUT2D eigenvalue weighted by Crippen LogP contribution is 2.38. The third-order valence-electron chi connectivity index (χ3n) is 4.51. The van der Waals surface area contributed by atoms with E-state index in [0.717, 1.165) is 12.8 Å². The highest BCUT2D eigenvalue weighted by Gasteiger charge is 2.45. The topological polar surface area (TPSA) is 55.8 Å². The molecule has 0 atom stereocenters. The molecule has 1 heterocycles. The van der Waals surface area contributed by atoms with Crippen LogP contribution < -0.4 is 0 Å². The summed E-state index contributed by atoms with van der Waals surface area (Å²) in [5, 5.41) is 0. The van der Waals surface area contributed by atoms with E-state index < -0.39 is 0 Å². The van der Waals surface area contributed by atoms with Crippen molar-refractivity contribution < 1.29 is 19.1 Å². The van der Waals surface area contributed by atoms with Gasteiger partial charge < -0.3 is 14.3 Å². The fourth-order valence-corrected chi connectivity index (χ4v) is 3.60. The fraction of sp³-hybridized carbons (Fsp3) is 0.882. The van der Waals surface area contributed by atoms with Gasteiger partial charge in [-0.1, -0.05) is 0 Å². The molecule has 0 bridgehead atoms. The summed E-state index contributed by atoms with van der Waals surface area (Å²) in [5.74, 6) is -0.279. The first-order chi connectivity index (χ1) is 10.1. The van der Waals surface area contributed by atoms with Gasteiger partial charge in [0.2, 0.25) is 0 Å². The summed E-state index contributed by atoms with van der Waals surface area (Å²) in [6.45, 7) is 11.4. The number of likely N-dealkylation sites (tertiary alicyclic amines) is 1. The molecular formula is C17H31NO4. The Balaban J connectivity index is 2.52. The van der Waals surface area contributed by atoms with Gasteiger partial charge in [0, 0.05) is 31.2 Å². The van der Waals surface area contributed by atoms with E-state index in [1.165, 1.54) is 6.92 Å². The lowest BCUT2D eigenvalue weighted by Crippen LogP contribution is -2.62. The van der Waals surface area contributed by atoms with Crippen LogP contribution in [0.25, 0.3) is 0 Å². The van der Waals surface area contributed by atoms with Crippen molar-refractivity contribution in [3.63, 3.8) is 0 Å². The van der Waals surface area contributed by atoms with Gasteiger partial charge in [-0.05, 0) is 47.5 Å². The van der Waals surface area contributed by atoms with E-state index in [9.17, 15) is 9.59 Å². The minimum Gasteiger partial charge on any atom is -0.464 e. The second-order valence-corrected chi connectivity index (χ2v) is 7.46. The quantitative estimate of drug-likeness (QED) is 0.676. The Bertz CT molecular complexity index is 385. The molecule has 22 heavy (non-hydrogen) atoms. The molecule has 5 nitrogen and oxygen atoms in total. The van der Waals surface area contributed by atoms with Crippen LogP contribution >= 0.6 is 0 Å². The van der Waals surface area contributed by atoms with Crippen LogP contribution in [0.5, 0.6) is 0 Å². The van der Waals surface area contributed by atoms with Crippen molar-refractivity contribution >= 4 is 11.8 Å². The van der Waals surface area contributed by atoms with Gasteiger partial charge in [-0.25, -0.2) is 0 Å². The summed E-state index contributed by atoms with van der Waals surface area (Å²) in [4.78, 5) is 24.9. The van der Waals surface area contributed by atoms with Crippen LogP contribution in [-0.2, 0) is 19.1 Å². The Morgan fingerprint density at radius 1 is 1.09 bits per heavy atom. The number of methoxy groups -OCH3 is 1. The van der Waals surface area contributed by atoms with Crippen molar-refractivity contribution in [1.82, 2.24) is 4.90 Å². The van der Waals surface area contributed by atoms with Gasteiger partial charge in [0.05, 0.1) is 12.5 Å². The molecule has 0 amide bonds. The van der Waals surface area contributed by atoms with Crippen molar-refractivity contribution in [1.29, 1.82) is 0 Å². The lowest BCUT2D eigenvalue weighted by atomic mass is 9.78. The number of ether oxygens (including phenoxy) is 2. The standard InChI is InChI=1S/C17H31NO4/c1-13(19)7-8-15(20)22-10-9-18-16(2,3)11-14(21-6)12-17(18,4)5/h14H,7-12H2,1-6H3. The lowest BCUT2D eigenvalue weighted by Gasteiger charge is -2.55. The zero-order valence-corrected chi connectivity index (χ0v) is 14.9. The van der Waals surface area contributed by atoms with E-state index in [0.29, 0.717) is 13.2 Å². The molecule has 1 fully saturated rings. The molecule has 1 aliphatic heterocycles. The Labute approximate surface area is 134 Å². The monoisotopic (exact) mass is 313 g/mol. The van der Waals surface area contributed by atoms with E-state index in [4.69, 9.17) is 9.47 Å². The van der Waals surface area contributed by atoms with E-state index >= 15 is 0 Å². The number of Topliss-reactive ketones (excluding diaryl/α,β-unsaturated/α-hetero) is 1. The zero-order chi connectivity index (χ0) is 17.0. The maximum Gasteiger partial charge on any atom is 0.306 e. The smallest absolute Gasteiger partial charge is 0.306 e. The molecule has 128 valence electrons.